The van der Waals surface area contributed by atoms with Crippen molar-refractivity contribution in [3.8, 4) is 11.5 Å². The van der Waals surface area contributed by atoms with E-state index in [9.17, 15) is 0 Å². The standard InChI is InChI=1S/C18H16N2O2/c1-21-17-7-6-13(10-18(17)22-2)11-20-16-5-3-4-14-12-19-9-8-15(14)16/h3-12H,1-2H3. The second-order valence-corrected chi connectivity index (χ2v) is 4.75. The molecule has 0 fully saturated rings. The highest BCUT2D eigenvalue weighted by Gasteiger charge is 2.03. The molecule has 3 rings (SSSR count). The minimum Gasteiger partial charge on any atom is -0.493 e. The van der Waals surface area contributed by atoms with E-state index in [0.717, 1.165) is 22.0 Å². The van der Waals surface area contributed by atoms with Crippen molar-refractivity contribution in [1.29, 1.82) is 0 Å². The Labute approximate surface area is 129 Å². The van der Waals surface area contributed by atoms with Gasteiger partial charge in [0.2, 0.25) is 0 Å². The van der Waals surface area contributed by atoms with E-state index in [-0.39, 0.29) is 0 Å². The normalized spacial score (nSPS) is 11.0. The first-order valence-corrected chi connectivity index (χ1v) is 6.90. The molecule has 0 aliphatic rings. The molecule has 0 N–H and O–H groups in total. The number of benzene rings is 2. The van der Waals surface area contributed by atoms with Crippen molar-refractivity contribution < 1.29 is 9.47 Å². The van der Waals surface area contributed by atoms with Crippen LogP contribution in [-0.2, 0) is 0 Å². The van der Waals surface area contributed by atoms with Gasteiger partial charge >= 0.3 is 0 Å². The quantitative estimate of drug-likeness (QED) is 0.683. The zero-order valence-corrected chi connectivity index (χ0v) is 12.5. The summed E-state index contributed by atoms with van der Waals surface area (Å²) in [5.74, 6) is 1.39. The SMILES string of the molecule is COc1ccc(C=Nc2cccc3cnccc23)cc1OC. The fourth-order valence-corrected chi connectivity index (χ4v) is 2.30. The van der Waals surface area contributed by atoms with Crippen molar-refractivity contribution in [2.75, 3.05) is 14.2 Å². The molecule has 0 amide bonds. The van der Waals surface area contributed by atoms with Crippen LogP contribution in [0.4, 0.5) is 5.69 Å². The van der Waals surface area contributed by atoms with Crippen LogP contribution in [0.15, 0.2) is 59.9 Å². The van der Waals surface area contributed by atoms with Crippen LogP contribution in [0.25, 0.3) is 10.8 Å². The minimum atomic E-state index is 0.688. The lowest BCUT2D eigenvalue weighted by Crippen LogP contribution is -1.92. The van der Waals surface area contributed by atoms with Gasteiger partial charge in [0.15, 0.2) is 11.5 Å². The average Bonchev–Trinajstić information content (AvgIpc) is 2.59. The molecule has 0 bridgehead atoms. The number of pyridine rings is 1. The maximum atomic E-state index is 5.30. The maximum Gasteiger partial charge on any atom is 0.161 e. The Morgan fingerprint density at radius 1 is 1.00 bits per heavy atom. The largest absolute Gasteiger partial charge is 0.493 e. The van der Waals surface area contributed by atoms with E-state index < -0.39 is 0 Å². The van der Waals surface area contributed by atoms with Crippen molar-refractivity contribution in [3.05, 3.63) is 60.4 Å². The van der Waals surface area contributed by atoms with Gasteiger partial charge in [-0.05, 0) is 35.9 Å². The third kappa shape index (κ3) is 2.76. The molecule has 0 spiro atoms. The summed E-state index contributed by atoms with van der Waals surface area (Å²) in [5.41, 5.74) is 1.86. The highest BCUT2D eigenvalue weighted by Crippen LogP contribution is 2.28. The molecule has 0 saturated carbocycles. The Kier molecular flexibility index (Phi) is 4.01. The third-order valence-electron chi connectivity index (χ3n) is 3.42. The van der Waals surface area contributed by atoms with Gasteiger partial charge < -0.3 is 9.47 Å². The number of hydrogen-bond donors (Lipinski definition) is 0. The second-order valence-electron chi connectivity index (χ2n) is 4.75. The van der Waals surface area contributed by atoms with Crippen LogP contribution in [0.1, 0.15) is 5.56 Å². The molecule has 4 heteroatoms. The first-order valence-electron chi connectivity index (χ1n) is 6.90. The van der Waals surface area contributed by atoms with Gasteiger partial charge in [0.05, 0.1) is 19.9 Å². The molecule has 1 heterocycles. The zero-order chi connectivity index (χ0) is 15.4. The van der Waals surface area contributed by atoms with Crippen molar-refractivity contribution in [2.45, 2.75) is 0 Å². The Morgan fingerprint density at radius 3 is 2.68 bits per heavy atom. The number of nitrogens with zero attached hydrogens (tertiary/aromatic N) is 2. The summed E-state index contributed by atoms with van der Waals surface area (Å²) < 4.78 is 10.5. The maximum absolute atomic E-state index is 5.30. The van der Waals surface area contributed by atoms with E-state index in [4.69, 9.17) is 9.47 Å². The molecule has 0 aliphatic carbocycles. The lowest BCUT2D eigenvalue weighted by molar-refractivity contribution is 0.355. The zero-order valence-electron chi connectivity index (χ0n) is 12.5. The van der Waals surface area contributed by atoms with E-state index in [1.54, 1.807) is 20.4 Å². The van der Waals surface area contributed by atoms with Crippen molar-refractivity contribution in [1.82, 2.24) is 4.98 Å². The fourth-order valence-electron chi connectivity index (χ4n) is 2.30. The lowest BCUT2D eigenvalue weighted by Gasteiger charge is -2.07. The van der Waals surface area contributed by atoms with E-state index in [0.29, 0.717) is 11.5 Å². The van der Waals surface area contributed by atoms with Crippen LogP contribution in [0.2, 0.25) is 0 Å². The molecule has 2 aromatic carbocycles. The summed E-state index contributed by atoms with van der Waals surface area (Å²) in [4.78, 5) is 8.72. The second kappa shape index (κ2) is 6.26. The number of methoxy groups -OCH3 is 2. The smallest absolute Gasteiger partial charge is 0.161 e. The van der Waals surface area contributed by atoms with E-state index in [1.807, 2.05) is 54.9 Å². The summed E-state index contributed by atoms with van der Waals surface area (Å²) >= 11 is 0. The van der Waals surface area contributed by atoms with Gasteiger partial charge in [-0.3, -0.25) is 9.98 Å². The van der Waals surface area contributed by atoms with Gasteiger partial charge in [-0.15, -0.1) is 0 Å². The van der Waals surface area contributed by atoms with Gasteiger partial charge in [0.25, 0.3) is 0 Å². The number of rotatable bonds is 4. The van der Waals surface area contributed by atoms with Gasteiger partial charge in [-0.25, -0.2) is 0 Å². The van der Waals surface area contributed by atoms with Gasteiger partial charge in [0, 0.05) is 29.4 Å². The van der Waals surface area contributed by atoms with Gasteiger partial charge in [0.1, 0.15) is 0 Å². The first-order chi connectivity index (χ1) is 10.8. The summed E-state index contributed by atoms with van der Waals surface area (Å²) in [6.45, 7) is 0. The predicted octanol–water partition coefficient (Wildman–Crippen LogP) is 4.00. The molecule has 0 saturated heterocycles. The first kappa shape index (κ1) is 14.1. The summed E-state index contributed by atoms with van der Waals surface area (Å²) in [6, 6.07) is 13.7. The molecule has 1 aromatic heterocycles. The van der Waals surface area contributed by atoms with Crippen LogP contribution < -0.4 is 9.47 Å². The number of fused-ring (bicyclic) bond motifs is 1. The highest BCUT2D eigenvalue weighted by atomic mass is 16.5. The molecule has 0 atom stereocenters. The summed E-state index contributed by atoms with van der Waals surface area (Å²) in [6.07, 6.45) is 5.43. The predicted molar refractivity (Wildman–Crippen MR) is 88.5 cm³/mol. The average molecular weight is 292 g/mol. The molecule has 4 nitrogen and oxygen atoms in total. The lowest BCUT2D eigenvalue weighted by atomic mass is 10.1. The topological polar surface area (TPSA) is 43.7 Å². The van der Waals surface area contributed by atoms with Crippen LogP contribution in [0, 0.1) is 0 Å². The molecular weight excluding hydrogens is 276 g/mol. The van der Waals surface area contributed by atoms with Gasteiger partial charge in [-0.1, -0.05) is 12.1 Å². The molecule has 0 radical (unpaired) electrons. The monoisotopic (exact) mass is 292 g/mol. The Balaban J connectivity index is 1.96. The van der Waals surface area contributed by atoms with E-state index in [2.05, 4.69) is 9.98 Å². The molecular formula is C18H16N2O2. The van der Waals surface area contributed by atoms with Crippen LogP contribution in [0.3, 0.4) is 0 Å². The van der Waals surface area contributed by atoms with Crippen molar-refractivity contribution in [2.24, 2.45) is 4.99 Å². The molecule has 22 heavy (non-hydrogen) atoms. The molecule has 110 valence electrons. The number of ether oxygens (including phenoxy) is 2. The molecule has 3 aromatic rings. The van der Waals surface area contributed by atoms with Crippen LogP contribution in [0.5, 0.6) is 11.5 Å². The summed E-state index contributed by atoms with van der Waals surface area (Å²) in [7, 11) is 3.24. The Hall–Kier alpha value is -2.88. The fraction of sp³-hybridized carbons (Fsp3) is 0.111. The van der Waals surface area contributed by atoms with Crippen molar-refractivity contribution in [3.63, 3.8) is 0 Å². The molecule has 0 aliphatic heterocycles. The Morgan fingerprint density at radius 2 is 1.86 bits per heavy atom. The van der Waals surface area contributed by atoms with Crippen molar-refractivity contribution >= 4 is 22.7 Å². The number of hydrogen-bond acceptors (Lipinski definition) is 4. The Bertz CT molecular complexity index is 823. The minimum absolute atomic E-state index is 0.688. The summed E-state index contributed by atoms with van der Waals surface area (Å²) in [5, 5.41) is 2.15. The van der Waals surface area contributed by atoms with Crippen LogP contribution in [-0.4, -0.2) is 25.4 Å². The third-order valence-corrected chi connectivity index (χ3v) is 3.42. The number of aromatic nitrogens is 1. The molecule has 0 unspecified atom stereocenters. The number of aliphatic imine (C=N–C) groups is 1. The van der Waals surface area contributed by atoms with E-state index in [1.165, 1.54) is 0 Å². The highest BCUT2D eigenvalue weighted by molar-refractivity contribution is 5.94. The van der Waals surface area contributed by atoms with E-state index >= 15 is 0 Å². The van der Waals surface area contributed by atoms with Crippen LogP contribution >= 0.6 is 0 Å². The van der Waals surface area contributed by atoms with Gasteiger partial charge in [-0.2, -0.15) is 0 Å².